The Balaban J connectivity index is 2.22. The maximum Gasteiger partial charge on any atom is 0.241 e. The van der Waals surface area contributed by atoms with Gasteiger partial charge in [-0.3, -0.25) is 4.79 Å². The Bertz CT molecular complexity index is 795. The van der Waals surface area contributed by atoms with E-state index in [1.54, 1.807) is 12.1 Å². The summed E-state index contributed by atoms with van der Waals surface area (Å²) in [6.07, 6.45) is 0.202. The first kappa shape index (κ1) is 19.6. The first-order valence-corrected chi connectivity index (χ1v) is 9.90. The van der Waals surface area contributed by atoms with E-state index in [4.69, 9.17) is 5.11 Å². The molecule has 134 valence electrons. The number of carbonyl (C=O) groups is 1. The molecule has 0 radical (unpaired) electrons. The fourth-order valence-corrected chi connectivity index (χ4v) is 3.67. The third-order valence-electron chi connectivity index (χ3n) is 3.43. The molecule has 8 heteroatoms. The Labute approximate surface area is 155 Å². The molecule has 0 unspecified atom stereocenters. The largest absolute Gasteiger partial charge is 0.395 e. The second kappa shape index (κ2) is 9.10. The van der Waals surface area contributed by atoms with Crippen LogP contribution in [0.2, 0.25) is 0 Å². The number of rotatable bonds is 8. The van der Waals surface area contributed by atoms with Gasteiger partial charge in [0.2, 0.25) is 15.9 Å². The van der Waals surface area contributed by atoms with Crippen LogP contribution < -0.4 is 10.0 Å². The zero-order valence-corrected chi connectivity index (χ0v) is 15.8. The van der Waals surface area contributed by atoms with Crippen LogP contribution in [-0.2, 0) is 21.2 Å². The molecule has 2 aromatic carbocycles. The van der Waals surface area contributed by atoms with E-state index in [0.717, 1.165) is 10.0 Å². The van der Waals surface area contributed by atoms with Crippen molar-refractivity contribution in [3.63, 3.8) is 0 Å². The van der Waals surface area contributed by atoms with Crippen molar-refractivity contribution >= 4 is 31.9 Å². The second-order valence-corrected chi connectivity index (χ2v) is 7.96. The minimum Gasteiger partial charge on any atom is -0.395 e. The van der Waals surface area contributed by atoms with Crippen LogP contribution in [0.15, 0.2) is 64.0 Å². The van der Waals surface area contributed by atoms with Crippen LogP contribution in [0.3, 0.4) is 0 Å². The smallest absolute Gasteiger partial charge is 0.241 e. The molecule has 0 aliphatic carbocycles. The van der Waals surface area contributed by atoms with E-state index in [9.17, 15) is 13.2 Å². The highest BCUT2D eigenvalue weighted by Crippen LogP contribution is 2.15. The summed E-state index contributed by atoms with van der Waals surface area (Å²) in [5, 5.41) is 11.4. The molecule has 3 N–H and O–H groups in total. The van der Waals surface area contributed by atoms with Crippen molar-refractivity contribution in [1.82, 2.24) is 10.0 Å². The summed E-state index contributed by atoms with van der Waals surface area (Å²) in [6.45, 7) is -0.159. The average molecular weight is 427 g/mol. The summed E-state index contributed by atoms with van der Waals surface area (Å²) < 4.78 is 28.3. The Morgan fingerprint density at radius 2 is 1.72 bits per heavy atom. The lowest BCUT2D eigenvalue weighted by Crippen LogP contribution is -2.48. The molecule has 0 spiro atoms. The normalized spacial score (nSPS) is 12.6. The zero-order chi connectivity index (χ0) is 18.3. The van der Waals surface area contributed by atoms with E-state index in [2.05, 4.69) is 26.0 Å². The van der Waals surface area contributed by atoms with E-state index in [1.165, 1.54) is 12.1 Å². The predicted molar refractivity (Wildman–Crippen MR) is 98.5 cm³/mol. The van der Waals surface area contributed by atoms with E-state index in [-0.39, 0.29) is 24.5 Å². The van der Waals surface area contributed by atoms with Gasteiger partial charge in [0, 0.05) is 11.0 Å². The fourth-order valence-electron chi connectivity index (χ4n) is 2.21. The summed E-state index contributed by atoms with van der Waals surface area (Å²) in [6, 6.07) is 14.3. The highest BCUT2D eigenvalue weighted by molar-refractivity contribution is 9.10. The van der Waals surface area contributed by atoms with Gasteiger partial charge >= 0.3 is 0 Å². The molecule has 0 heterocycles. The van der Waals surface area contributed by atoms with Gasteiger partial charge in [0.15, 0.2) is 0 Å². The quantitative estimate of drug-likeness (QED) is 0.594. The van der Waals surface area contributed by atoms with Crippen LogP contribution in [-0.4, -0.2) is 38.6 Å². The molecule has 0 aromatic heterocycles. The number of benzene rings is 2. The molecule has 0 fully saturated rings. The fraction of sp³-hybridized carbons (Fsp3) is 0.235. The van der Waals surface area contributed by atoms with Crippen molar-refractivity contribution < 1.29 is 18.3 Å². The van der Waals surface area contributed by atoms with Gasteiger partial charge in [-0.15, -0.1) is 0 Å². The van der Waals surface area contributed by atoms with Crippen LogP contribution in [0.5, 0.6) is 0 Å². The van der Waals surface area contributed by atoms with Crippen molar-refractivity contribution in [2.24, 2.45) is 0 Å². The maximum atomic E-state index is 12.6. The molecular formula is C17H19BrN2O4S. The first-order chi connectivity index (χ1) is 11.9. The number of hydrogen-bond donors (Lipinski definition) is 3. The van der Waals surface area contributed by atoms with Crippen LogP contribution in [0.25, 0.3) is 0 Å². The Kier molecular flexibility index (Phi) is 7.12. The number of aliphatic hydroxyl groups excluding tert-OH is 1. The molecule has 1 amide bonds. The summed E-state index contributed by atoms with van der Waals surface area (Å²) >= 11 is 3.26. The van der Waals surface area contributed by atoms with Crippen LogP contribution >= 0.6 is 15.9 Å². The minimum absolute atomic E-state index is 0.0597. The van der Waals surface area contributed by atoms with Crippen molar-refractivity contribution in [1.29, 1.82) is 0 Å². The van der Waals surface area contributed by atoms with Crippen molar-refractivity contribution in [2.75, 3.05) is 13.2 Å². The maximum absolute atomic E-state index is 12.6. The topological polar surface area (TPSA) is 95.5 Å². The average Bonchev–Trinajstić information content (AvgIpc) is 2.60. The molecule has 0 aliphatic heterocycles. The van der Waals surface area contributed by atoms with Gasteiger partial charge < -0.3 is 10.4 Å². The summed E-state index contributed by atoms with van der Waals surface area (Å²) in [5.41, 5.74) is 0.824. The molecular weight excluding hydrogens is 408 g/mol. The molecule has 0 saturated carbocycles. The highest BCUT2D eigenvalue weighted by Gasteiger charge is 2.25. The lowest BCUT2D eigenvalue weighted by molar-refractivity contribution is -0.122. The van der Waals surface area contributed by atoms with Crippen molar-refractivity contribution in [2.45, 2.75) is 17.4 Å². The highest BCUT2D eigenvalue weighted by atomic mass is 79.9. The SMILES string of the molecule is O=C(NCCO)[C@@H](Cc1ccccc1)NS(=O)(=O)c1ccc(Br)cc1. The van der Waals surface area contributed by atoms with Gasteiger partial charge in [-0.2, -0.15) is 4.72 Å². The number of sulfonamides is 1. The van der Waals surface area contributed by atoms with Crippen LogP contribution in [0.1, 0.15) is 5.56 Å². The van der Waals surface area contributed by atoms with Gasteiger partial charge in [-0.1, -0.05) is 46.3 Å². The summed E-state index contributed by atoms with van der Waals surface area (Å²) in [5.74, 6) is -0.487. The number of nitrogens with one attached hydrogen (secondary N) is 2. The van der Waals surface area contributed by atoms with Gasteiger partial charge in [-0.25, -0.2) is 8.42 Å². The molecule has 0 aliphatic rings. The van der Waals surface area contributed by atoms with Crippen LogP contribution in [0, 0.1) is 0 Å². The third kappa shape index (κ3) is 5.93. The first-order valence-electron chi connectivity index (χ1n) is 7.63. The molecule has 25 heavy (non-hydrogen) atoms. The van der Waals surface area contributed by atoms with Gasteiger partial charge in [-0.05, 0) is 36.2 Å². The van der Waals surface area contributed by atoms with Crippen molar-refractivity contribution in [3.05, 3.63) is 64.6 Å². The number of aliphatic hydroxyl groups is 1. The number of halogens is 1. The van der Waals surface area contributed by atoms with Gasteiger partial charge in [0.05, 0.1) is 11.5 Å². The van der Waals surface area contributed by atoms with E-state index in [1.807, 2.05) is 30.3 Å². The molecule has 0 saturated heterocycles. The van der Waals surface area contributed by atoms with E-state index in [0.29, 0.717) is 0 Å². The minimum atomic E-state index is -3.86. The van der Waals surface area contributed by atoms with E-state index >= 15 is 0 Å². The molecule has 1 atom stereocenters. The lowest BCUT2D eigenvalue weighted by atomic mass is 10.1. The monoisotopic (exact) mass is 426 g/mol. The third-order valence-corrected chi connectivity index (χ3v) is 5.45. The van der Waals surface area contributed by atoms with Gasteiger partial charge in [0.25, 0.3) is 0 Å². The van der Waals surface area contributed by atoms with Crippen LogP contribution in [0.4, 0.5) is 0 Å². The Morgan fingerprint density at radius 1 is 1.08 bits per heavy atom. The Morgan fingerprint density at radius 3 is 2.32 bits per heavy atom. The van der Waals surface area contributed by atoms with Gasteiger partial charge in [0.1, 0.15) is 6.04 Å². The molecule has 0 bridgehead atoms. The summed E-state index contributed by atoms with van der Waals surface area (Å²) in [7, 11) is -3.86. The predicted octanol–water partition coefficient (Wildman–Crippen LogP) is 1.45. The standard InChI is InChI=1S/C17H19BrN2O4S/c18-14-6-8-15(9-7-14)25(23,24)20-16(17(22)19-10-11-21)12-13-4-2-1-3-5-13/h1-9,16,20-21H,10-12H2,(H,19,22)/t16-/m1/s1. The number of amides is 1. The van der Waals surface area contributed by atoms with E-state index < -0.39 is 22.0 Å². The molecule has 2 rings (SSSR count). The molecule has 6 nitrogen and oxygen atoms in total. The zero-order valence-electron chi connectivity index (χ0n) is 13.4. The molecule has 2 aromatic rings. The summed E-state index contributed by atoms with van der Waals surface area (Å²) in [4.78, 5) is 12.4. The Hall–Kier alpha value is -1.74. The lowest BCUT2D eigenvalue weighted by Gasteiger charge is -2.18. The number of carbonyl (C=O) groups excluding carboxylic acids is 1. The van der Waals surface area contributed by atoms with Crippen molar-refractivity contribution in [3.8, 4) is 0 Å². The number of hydrogen-bond acceptors (Lipinski definition) is 4. The second-order valence-electron chi connectivity index (χ2n) is 5.33.